The number of hydrogen-bond acceptors (Lipinski definition) is 4. The number of carbonyl (C=O) groups excluding carboxylic acids is 1. The van der Waals surface area contributed by atoms with Crippen LogP contribution in [0.15, 0.2) is 24.5 Å². The Morgan fingerprint density at radius 3 is 2.62 bits per heavy atom. The summed E-state index contributed by atoms with van der Waals surface area (Å²) >= 11 is 0. The van der Waals surface area contributed by atoms with Crippen molar-refractivity contribution in [1.82, 2.24) is 30.4 Å². The molecule has 0 radical (unpaired) electrons. The molecule has 1 saturated heterocycles. The van der Waals surface area contributed by atoms with E-state index in [-0.39, 0.29) is 6.03 Å². The molecule has 2 aliphatic rings. The molecule has 26 heavy (non-hydrogen) atoms. The van der Waals surface area contributed by atoms with Crippen LogP contribution in [0.1, 0.15) is 44.3 Å². The molecule has 1 aliphatic carbocycles. The molecule has 2 fully saturated rings. The van der Waals surface area contributed by atoms with Gasteiger partial charge in [-0.1, -0.05) is 12.8 Å². The molecule has 7 nitrogen and oxygen atoms in total. The average Bonchev–Trinajstić information content (AvgIpc) is 3.35. The highest BCUT2D eigenvalue weighted by atomic mass is 16.2. The van der Waals surface area contributed by atoms with Gasteiger partial charge in [-0.25, -0.2) is 9.78 Å². The van der Waals surface area contributed by atoms with E-state index in [2.05, 4.69) is 25.5 Å². The van der Waals surface area contributed by atoms with Crippen LogP contribution in [-0.4, -0.2) is 50.2 Å². The SMILES string of the molecule is O=C(NC1CCCC1)N1CCC(Cc2nc(-c3ccncc3)n[nH]2)CC1. The zero-order valence-corrected chi connectivity index (χ0v) is 15.0. The van der Waals surface area contributed by atoms with Gasteiger partial charge in [-0.2, -0.15) is 5.10 Å². The van der Waals surface area contributed by atoms with Gasteiger partial charge in [0.15, 0.2) is 5.82 Å². The number of urea groups is 1. The fourth-order valence-electron chi connectivity index (χ4n) is 3.97. The van der Waals surface area contributed by atoms with E-state index in [4.69, 9.17) is 0 Å². The van der Waals surface area contributed by atoms with E-state index >= 15 is 0 Å². The first-order valence-electron chi connectivity index (χ1n) is 9.65. The molecule has 2 N–H and O–H groups in total. The number of likely N-dealkylation sites (tertiary alicyclic amines) is 1. The van der Waals surface area contributed by atoms with Gasteiger partial charge >= 0.3 is 6.03 Å². The van der Waals surface area contributed by atoms with Gasteiger partial charge in [0.05, 0.1) is 0 Å². The summed E-state index contributed by atoms with van der Waals surface area (Å²) in [4.78, 5) is 23.0. The van der Waals surface area contributed by atoms with Gasteiger partial charge in [0.1, 0.15) is 5.82 Å². The van der Waals surface area contributed by atoms with Crippen LogP contribution in [-0.2, 0) is 6.42 Å². The Labute approximate surface area is 153 Å². The number of nitrogens with one attached hydrogen (secondary N) is 2. The minimum atomic E-state index is 0.120. The van der Waals surface area contributed by atoms with Crippen molar-refractivity contribution in [2.75, 3.05) is 13.1 Å². The zero-order chi connectivity index (χ0) is 17.8. The second-order valence-electron chi connectivity index (χ2n) is 7.41. The van der Waals surface area contributed by atoms with E-state index in [0.29, 0.717) is 12.0 Å². The monoisotopic (exact) mass is 354 g/mol. The van der Waals surface area contributed by atoms with Gasteiger partial charge in [-0.3, -0.25) is 10.1 Å². The highest BCUT2D eigenvalue weighted by Crippen LogP contribution is 2.23. The number of hydrogen-bond donors (Lipinski definition) is 2. The smallest absolute Gasteiger partial charge is 0.317 e. The van der Waals surface area contributed by atoms with Crippen molar-refractivity contribution in [3.63, 3.8) is 0 Å². The van der Waals surface area contributed by atoms with Crippen LogP contribution >= 0.6 is 0 Å². The fraction of sp³-hybridized carbons (Fsp3) is 0.579. The molecule has 4 rings (SSSR count). The third-order valence-electron chi connectivity index (χ3n) is 5.54. The standard InChI is InChI=1S/C19H26N6O/c26-19(21-16-3-1-2-4-16)25-11-7-14(8-12-25)13-17-22-18(24-23-17)15-5-9-20-10-6-15/h5-6,9-10,14,16H,1-4,7-8,11-13H2,(H,21,26)(H,22,23,24). The molecule has 0 unspecified atom stereocenters. The lowest BCUT2D eigenvalue weighted by Gasteiger charge is -2.32. The topological polar surface area (TPSA) is 86.8 Å². The van der Waals surface area contributed by atoms with Crippen LogP contribution in [0.4, 0.5) is 4.79 Å². The predicted molar refractivity (Wildman–Crippen MR) is 98.4 cm³/mol. The van der Waals surface area contributed by atoms with Crippen LogP contribution in [0.2, 0.25) is 0 Å². The quantitative estimate of drug-likeness (QED) is 0.884. The van der Waals surface area contributed by atoms with Crippen molar-refractivity contribution in [2.45, 2.75) is 51.0 Å². The van der Waals surface area contributed by atoms with Gasteiger partial charge in [0.2, 0.25) is 0 Å². The summed E-state index contributed by atoms with van der Waals surface area (Å²) in [7, 11) is 0. The minimum Gasteiger partial charge on any atom is -0.335 e. The van der Waals surface area contributed by atoms with Crippen LogP contribution in [0.25, 0.3) is 11.4 Å². The van der Waals surface area contributed by atoms with E-state index in [0.717, 1.165) is 62.4 Å². The summed E-state index contributed by atoms with van der Waals surface area (Å²) in [6, 6.07) is 4.33. The molecular formula is C19H26N6O. The molecule has 2 amide bonds. The number of H-pyrrole nitrogens is 1. The van der Waals surface area contributed by atoms with Crippen LogP contribution in [0, 0.1) is 5.92 Å². The highest BCUT2D eigenvalue weighted by molar-refractivity contribution is 5.74. The predicted octanol–water partition coefficient (Wildman–Crippen LogP) is 2.77. The first-order chi connectivity index (χ1) is 12.8. The number of aromatic amines is 1. The molecule has 0 atom stereocenters. The Hall–Kier alpha value is -2.44. The lowest BCUT2D eigenvalue weighted by Crippen LogP contribution is -2.47. The summed E-state index contributed by atoms with van der Waals surface area (Å²) in [6.07, 6.45) is 11.2. The number of rotatable bonds is 4. The molecule has 2 aromatic rings. The molecule has 0 spiro atoms. The third kappa shape index (κ3) is 4.03. The Balaban J connectivity index is 1.26. The molecule has 7 heteroatoms. The first-order valence-corrected chi connectivity index (χ1v) is 9.65. The van der Waals surface area contributed by atoms with Crippen molar-refractivity contribution < 1.29 is 4.79 Å². The zero-order valence-electron chi connectivity index (χ0n) is 15.0. The van der Waals surface area contributed by atoms with Gasteiger partial charge in [0, 0.05) is 43.5 Å². The lowest BCUT2D eigenvalue weighted by molar-refractivity contribution is 0.166. The van der Waals surface area contributed by atoms with Crippen molar-refractivity contribution in [3.8, 4) is 11.4 Å². The van der Waals surface area contributed by atoms with Crippen LogP contribution in [0.3, 0.4) is 0 Å². The van der Waals surface area contributed by atoms with Crippen molar-refractivity contribution in [1.29, 1.82) is 0 Å². The number of aromatic nitrogens is 4. The number of amides is 2. The summed E-state index contributed by atoms with van der Waals surface area (Å²) in [5, 5.41) is 10.6. The number of pyridine rings is 1. The molecule has 138 valence electrons. The van der Waals surface area contributed by atoms with Gasteiger partial charge in [-0.05, 0) is 43.7 Å². The molecule has 3 heterocycles. The number of carbonyl (C=O) groups is 1. The third-order valence-corrected chi connectivity index (χ3v) is 5.54. The van der Waals surface area contributed by atoms with E-state index in [9.17, 15) is 4.79 Å². The maximum atomic E-state index is 12.4. The molecule has 0 aromatic carbocycles. The van der Waals surface area contributed by atoms with E-state index < -0.39 is 0 Å². The fourth-order valence-corrected chi connectivity index (χ4v) is 3.97. The molecule has 1 saturated carbocycles. The second kappa shape index (κ2) is 7.85. The summed E-state index contributed by atoms with van der Waals surface area (Å²) in [5.41, 5.74) is 0.973. The average molecular weight is 354 g/mol. The van der Waals surface area contributed by atoms with Gasteiger partial charge < -0.3 is 10.2 Å². The highest BCUT2D eigenvalue weighted by Gasteiger charge is 2.26. The maximum Gasteiger partial charge on any atom is 0.317 e. The van der Waals surface area contributed by atoms with E-state index in [1.807, 2.05) is 17.0 Å². The number of piperidine rings is 1. The summed E-state index contributed by atoms with van der Waals surface area (Å²) in [5.74, 6) is 2.19. The van der Waals surface area contributed by atoms with E-state index in [1.54, 1.807) is 12.4 Å². The largest absolute Gasteiger partial charge is 0.335 e. The van der Waals surface area contributed by atoms with Gasteiger partial charge in [-0.15, -0.1) is 0 Å². The van der Waals surface area contributed by atoms with Crippen LogP contribution in [0.5, 0.6) is 0 Å². The molecule has 0 bridgehead atoms. The van der Waals surface area contributed by atoms with Crippen molar-refractivity contribution in [3.05, 3.63) is 30.4 Å². The van der Waals surface area contributed by atoms with Crippen molar-refractivity contribution in [2.24, 2.45) is 5.92 Å². The lowest BCUT2D eigenvalue weighted by atomic mass is 9.93. The Bertz CT molecular complexity index is 717. The van der Waals surface area contributed by atoms with E-state index in [1.165, 1.54) is 12.8 Å². The molecule has 1 aliphatic heterocycles. The molecule has 2 aromatic heterocycles. The Morgan fingerprint density at radius 2 is 1.88 bits per heavy atom. The maximum absolute atomic E-state index is 12.4. The normalized spacial score (nSPS) is 19.0. The Kier molecular flexibility index (Phi) is 5.13. The summed E-state index contributed by atoms with van der Waals surface area (Å²) in [6.45, 7) is 1.66. The summed E-state index contributed by atoms with van der Waals surface area (Å²) < 4.78 is 0. The molecular weight excluding hydrogens is 328 g/mol. The first kappa shape index (κ1) is 17.0. The van der Waals surface area contributed by atoms with Gasteiger partial charge in [0.25, 0.3) is 0 Å². The van der Waals surface area contributed by atoms with Crippen LogP contribution < -0.4 is 5.32 Å². The van der Waals surface area contributed by atoms with Crippen molar-refractivity contribution >= 4 is 6.03 Å². The Morgan fingerprint density at radius 1 is 1.15 bits per heavy atom. The minimum absolute atomic E-state index is 0.120. The second-order valence-corrected chi connectivity index (χ2v) is 7.41. The number of nitrogens with zero attached hydrogens (tertiary/aromatic N) is 4.